The molecule has 0 saturated heterocycles. The number of rotatable bonds is 9. The van der Waals surface area contributed by atoms with Gasteiger partial charge in [-0.2, -0.15) is 4.31 Å². The summed E-state index contributed by atoms with van der Waals surface area (Å²) >= 11 is 0. The van der Waals surface area contributed by atoms with E-state index in [-0.39, 0.29) is 23.4 Å². The molecule has 2 aromatic rings. The van der Waals surface area contributed by atoms with Gasteiger partial charge in [0.25, 0.3) is 5.91 Å². The first-order valence-electron chi connectivity index (χ1n) is 8.94. The highest BCUT2D eigenvalue weighted by atomic mass is 32.2. The Kier molecular flexibility index (Phi) is 7.11. The Morgan fingerprint density at radius 2 is 1.89 bits per heavy atom. The fourth-order valence-corrected chi connectivity index (χ4v) is 4.15. The molecule has 148 valence electrons. The molecule has 8 nitrogen and oxygen atoms in total. The van der Waals surface area contributed by atoms with Crippen molar-refractivity contribution in [2.75, 3.05) is 25.0 Å². The number of aromatic nitrogens is 1. The Labute approximate surface area is 160 Å². The quantitative estimate of drug-likeness (QED) is 0.665. The molecule has 0 spiro atoms. The van der Waals surface area contributed by atoms with Gasteiger partial charge in [0.05, 0.1) is 4.90 Å². The summed E-state index contributed by atoms with van der Waals surface area (Å²) < 4.78 is 31.4. The summed E-state index contributed by atoms with van der Waals surface area (Å²) in [6.45, 7) is 8.43. The zero-order valence-corrected chi connectivity index (χ0v) is 16.9. The Hall–Kier alpha value is -2.23. The number of nitrogens with two attached hydrogens (primary N) is 1. The van der Waals surface area contributed by atoms with Crippen LogP contribution in [0.4, 0.5) is 5.82 Å². The van der Waals surface area contributed by atoms with Crippen LogP contribution in [0, 0.1) is 6.92 Å². The van der Waals surface area contributed by atoms with Gasteiger partial charge in [-0.1, -0.05) is 31.1 Å². The number of benzene rings is 1. The van der Waals surface area contributed by atoms with Crippen LogP contribution in [0.3, 0.4) is 0 Å². The normalized spacial score (nSPS) is 12.9. The van der Waals surface area contributed by atoms with E-state index in [1.54, 1.807) is 37.3 Å². The molecule has 0 aliphatic rings. The summed E-state index contributed by atoms with van der Waals surface area (Å²) in [6.07, 6.45) is 0. The molecule has 0 saturated carbocycles. The number of anilines is 1. The first-order chi connectivity index (χ1) is 12.8. The maximum absolute atomic E-state index is 12.5. The van der Waals surface area contributed by atoms with Crippen LogP contribution < -0.4 is 10.6 Å². The van der Waals surface area contributed by atoms with Crippen molar-refractivity contribution in [2.24, 2.45) is 0 Å². The SMILES string of the molecule is CCN(CC)S(=O)(=O)c1ccc([C@H](C)[NH2+]CC(=O)Nc2cc(C)on2)cc1. The summed E-state index contributed by atoms with van der Waals surface area (Å²) in [5, 5.41) is 8.26. The number of hydrogen-bond donors (Lipinski definition) is 2. The predicted molar refractivity (Wildman–Crippen MR) is 102 cm³/mol. The van der Waals surface area contributed by atoms with Gasteiger partial charge < -0.3 is 15.2 Å². The molecule has 0 fully saturated rings. The minimum absolute atomic E-state index is 0.00000228. The van der Waals surface area contributed by atoms with Gasteiger partial charge in [0, 0.05) is 24.7 Å². The van der Waals surface area contributed by atoms with E-state index in [4.69, 9.17) is 4.52 Å². The number of carbonyl (C=O) groups excluding carboxylic acids is 1. The molecular formula is C18H27N4O4S+. The topological polar surface area (TPSA) is 109 Å². The van der Waals surface area contributed by atoms with Crippen LogP contribution in [0.1, 0.15) is 38.1 Å². The highest BCUT2D eigenvalue weighted by Crippen LogP contribution is 2.18. The number of amides is 1. The molecule has 3 N–H and O–H groups in total. The van der Waals surface area contributed by atoms with Gasteiger partial charge in [0.15, 0.2) is 12.4 Å². The zero-order valence-electron chi connectivity index (χ0n) is 16.1. The average molecular weight is 396 g/mol. The van der Waals surface area contributed by atoms with Crippen LogP contribution in [0.2, 0.25) is 0 Å². The highest BCUT2D eigenvalue weighted by Gasteiger charge is 2.22. The first kappa shape index (κ1) is 21.1. The predicted octanol–water partition coefficient (Wildman–Crippen LogP) is 1.28. The van der Waals surface area contributed by atoms with E-state index >= 15 is 0 Å². The van der Waals surface area contributed by atoms with Crippen molar-refractivity contribution in [1.29, 1.82) is 0 Å². The number of sulfonamides is 1. The van der Waals surface area contributed by atoms with E-state index in [0.29, 0.717) is 24.7 Å². The van der Waals surface area contributed by atoms with E-state index in [1.807, 2.05) is 26.1 Å². The van der Waals surface area contributed by atoms with Gasteiger partial charge in [-0.3, -0.25) is 4.79 Å². The molecule has 0 aliphatic carbocycles. The Morgan fingerprint density at radius 3 is 2.41 bits per heavy atom. The molecule has 1 aromatic heterocycles. The summed E-state index contributed by atoms with van der Waals surface area (Å²) in [6, 6.07) is 8.46. The van der Waals surface area contributed by atoms with E-state index < -0.39 is 10.0 Å². The summed E-state index contributed by atoms with van der Waals surface area (Å²) in [4.78, 5) is 12.3. The van der Waals surface area contributed by atoms with Crippen molar-refractivity contribution in [1.82, 2.24) is 9.46 Å². The van der Waals surface area contributed by atoms with E-state index in [0.717, 1.165) is 5.56 Å². The van der Waals surface area contributed by atoms with Crippen LogP contribution in [-0.2, 0) is 14.8 Å². The van der Waals surface area contributed by atoms with Gasteiger partial charge in [0.2, 0.25) is 10.0 Å². The second-order valence-electron chi connectivity index (χ2n) is 6.26. The monoisotopic (exact) mass is 395 g/mol. The lowest BCUT2D eigenvalue weighted by molar-refractivity contribution is -0.682. The van der Waals surface area contributed by atoms with Crippen molar-refractivity contribution >= 4 is 21.7 Å². The van der Waals surface area contributed by atoms with E-state index in [1.165, 1.54) is 4.31 Å². The summed E-state index contributed by atoms with van der Waals surface area (Å²) in [5.41, 5.74) is 0.943. The highest BCUT2D eigenvalue weighted by molar-refractivity contribution is 7.89. The van der Waals surface area contributed by atoms with Crippen LogP contribution in [0.15, 0.2) is 39.8 Å². The average Bonchev–Trinajstić information content (AvgIpc) is 3.05. The number of quaternary nitrogens is 1. The van der Waals surface area contributed by atoms with Crippen molar-refractivity contribution in [3.63, 3.8) is 0 Å². The third kappa shape index (κ3) is 5.38. The van der Waals surface area contributed by atoms with Crippen LogP contribution in [0.5, 0.6) is 0 Å². The third-order valence-electron chi connectivity index (χ3n) is 4.30. The molecule has 2 rings (SSSR count). The van der Waals surface area contributed by atoms with Crippen LogP contribution in [0.25, 0.3) is 0 Å². The van der Waals surface area contributed by atoms with Crippen molar-refractivity contribution < 1.29 is 23.1 Å². The third-order valence-corrected chi connectivity index (χ3v) is 6.37. The molecule has 1 amide bonds. The fraction of sp³-hybridized carbons (Fsp3) is 0.444. The zero-order chi connectivity index (χ0) is 20.0. The number of aryl methyl sites for hydroxylation is 1. The molecule has 9 heteroatoms. The van der Waals surface area contributed by atoms with Gasteiger partial charge in [-0.25, -0.2) is 8.42 Å². The molecule has 27 heavy (non-hydrogen) atoms. The lowest BCUT2D eigenvalue weighted by Gasteiger charge is -2.19. The lowest BCUT2D eigenvalue weighted by Crippen LogP contribution is -2.86. The number of nitrogens with zero attached hydrogens (tertiary/aromatic N) is 2. The molecule has 1 heterocycles. The first-order valence-corrected chi connectivity index (χ1v) is 10.4. The van der Waals surface area contributed by atoms with E-state index in [2.05, 4.69) is 10.5 Å². The molecule has 1 atom stereocenters. The van der Waals surface area contributed by atoms with Crippen LogP contribution in [-0.4, -0.2) is 43.4 Å². The molecule has 1 aromatic carbocycles. The van der Waals surface area contributed by atoms with Crippen molar-refractivity contribution in [3.05, 3.63) is 41.7 Å². The Morgan fingerprint density at radius 1 is 1.26 bits per heavy atom. The number of carbonyl (C=O) groups is 1. The lowest BCUT2D eigenvalue weighted by atomic mass is 10.1. The molecule has 0 radical (unpaired) electrons. The second-order valence-corrected chi connectivity index (χ2v) is 8.20. The number of nitrogens with one attached hydrogen (secondary N) is 1. The minimum atomic E-state index is -3.46. The van der Waals surface area contributed by atoms with E-state index in [9.17, 15) is 13.2 Å². The Bertz CT molecular complexity index is 858. The molecule has 0 aliphatic heterocycles. The summed E-state index contributed by atoms with van der Waals surface area (Å²) in [7, 11) is -3.46. The second kappa shape index (κ2) is 9.12. The fourth-order valence-electron chi connectivity index (χ4n) is 2.70. The van der Waals surface area contributed by atoms with Gasteiger partial charge in [0.1, 0.15) is 11.8 Å². The van der Waals surface area contributed by atoms with Crippen molar-refractivity contribution in [2.45, 2.75) is 38.6 Å². The van der Waals surface area contributed by atoms with Crippen molar-refractivity contribution in [3.8, 4) is 0 Å². The maximum atomic E-state index is 12.5. The maximum Gasteiger partial charge on any atom is 0.280 e. The van der Waals surface area contributed by atoms with Gasteiger partial charge >= 0.3 is 0 Å². The smallest absolute Gasteiger partial charge is 0.280 e. The molecule has 0 unspecified atom stereocenters. The number of hydrogen-bond acceptors (Lipinski definition) is 5. The van der Waals surface area contributed by atoms with Gasteiger partial charge in [-0.05, 0) is 26.0 Å². The standard InChI is InChI=1S/C18H26N4O4S/c1-5-22(6-2)27(24,25)16-9-7-15(8-10-16)14(4)19-12-18(23)20-17-11-13(3)26-21-17/h7-11,14,19H,5-6,12H2,1-4H3,(H,20,21,23)/p+1/t14-/m0/s1. The largest absolute Gasteiger partial charge is 0.360 e. The molecule has 0 bridgehead atoms. The Balaban J connectivity index is 1.95. The van der Waals surface area contributed by atoms with Gasteiger partial charge in [-0.15, -0.1) is 0 Å². The summed E-state index contributed by atoms with van der Waals surface area (Å²) in [5.74, 6) is 0.836. The minimum Gasteiger partial charge on any atom is -0.360 e. The van der Waals surface area contributed by atoms with Crippen LogP contribution >= 0.6 is 0 Å². The molecular weight excluding hydrogens is 368 g/mol.